The van der Waals surface area contributed by atoms with Crippen LogP contribution in [0.25, 0.3) is 0 Å². The number of hydrogen-bond donors (Lipinski definition) is 0. The highest BCUT2D eigenvalue weighted by Gasteiger charge is 2.41. The van der Waals surface area contributed by atoms with Crippen LogP contribution in [0.15, 0.2) is 48.1 Å². The molecule has 0 unspecified atom stereocenters. The van der Waals surface area contributed by atoms with Crippen LogP contribution in [0.5, 0.6) is 0 Å². The quantitative estimate of drug-likeness (QED) is 0.137. The molecule has 176 valence electrons. The van der Waals surface area contributed by atoms with E-state index in [1.165, 1.54) is 27.0 Å². The summed E-state index contributed by atoms with van der Waals surface area (Å²) in [5.74, 6) is -1.65. The van der Waals surface area contributed by atoms with Gasteiger partial charge in [-0.25, -0.2) is 0 Å². The molecule has 0 spiro atoms. The smallest absolute Gasteiger partial charge is 0.305 e. The molecule has 0 heterocycles. The molecule has 0 saturated carbocycles. The molecule has 7 heteroatoms. The Balaban J connectivity index is 3.02. The van der Waals surface area contributed by atoms with Crippen molar-refractivity contribution in [2.45, 2.75) is 77.4 Å². The number of ether oxygens (including phenoxy) is 3. The predicted molar refractivity (Wildman–Crippen MR) is 121 cm³/mol. The van der Waals surface area contributed by atoms with Gasteiger partial charge < -0.3 is 14.2 Å². The van der Waals surface area contributed by atoms with E-state index in [1.807, 2.05) is 12.2 Å². The molecule has 0 fully saturated rings. The number of carbonyl (C=O) groups excluding carboxylic acids is 4. The van der Waals surface area contributed by atoms with Gasteiger partial charge in [-0.05, 0) is 37.5 Å². The second-order valence-electron chi connectivity index (χ2n) is 7.58. The topological polar surface area (TPSA) is 96.0 Å². The van der Waals surface area contributed by atoms with Crippen molar-refractivity contribution in [3.05, 3.63) is 48.1 Å². The Morgan fingerprint density at radius 2 is 1.88 bits per heavy atom. The molecule has 0 saturated heterocycles. The molecule has 1 rings (SSSR count). The fourth-order valence-corrected chi connectivity index (χ4v) is 3.32. The van der Waals surface area contributed by atoms with E-state index in [9.17, 15) is 19.2 Å². The third-order valence-electron chi connectivity index (χ3n) is 4.88. The fourth-order valence-electron chi connectivity index (χ4n) is 3.32. The number of esters is 3. The van der Waals surface area contributed by atoms with Crippen LogP contribution in [0.2, 0.25) is 0 Å². The van der Waals surface area contributed by atoms with Gasteiger partial charge in [-0.2, -0.15) is 0 Å². The largest absolute Gasteiger partial charge is 0.469 e. The average molecular weight is 447 g/mol. The average Bonchev–Trinajstić information content (AvgIpc) is 3.03. The molecule has 0 aliphatic heterocycles. The minimum Gasteiger partial charge on any atom is -0.469 e. The summed E-state index contributed by atoms with van der Waals surface area (Å²) in [6.07, 6.45) is 16.0. The number of methoxy groups -OCH3 is 1. The summed E-state index contributed by atoms with van der Waals surface area (Å²) in [5, 5.41) is 0. The Hall–Kier alpha value is -2.96. The van der Waals surface area contributed by atoms with Gasteiger partial charge in [-0.15, -0.1) is 0 Å². The van der Waals surface area contributed by atoms with Gasteiger partial charge in [0.1, 0.15) is 6.10 Å². The van der Waals surface area contributed by atoms with Crippen LogP contribution in [0.4, 0.5) is 0 Å². The van der Waals surface area contributed by atoms with E-state index in [1.54, 1.807) is 24.3 Å². The molecule has 0 N–H and O–H groups in total. The minimum absolute atomic E-state index is 0.0794. The van der Waals surface area contributed by atoms with Crippen molar-refractivity contribution in [3.63, 3.8) is 0 Å². The van der Waals surface area contributed by atoms with Gasteiger partial charge in [0.25, 0.3) is 0 Å². The first-order chi connectivity index (χ1) is 15.2. The number of carbonyl (C=O) groups is 4. The first-order valence-corrected chi connectivity index (χ1v) is 10.9. The summed E-state index contributed by atoms with van der Waals surface area (Å²) in [6.45, 7) is 4.72. The Bertz CT molecular complexity index is 788. The molecule has 1 aliphatic carbocycles. The highest BCUT2D eigenvalue weighted by Crippen LogP contribution is 2.34. The van der Waals surface area contributed by atoms with E-state index in [4.69, 9.17) is 9.47 Å². The highest BCUT2D eigenvalue weighted by molar-refractivity contribution is 6.09. The van der Waals surface area contributed by atoms with Gasteiger partial charge in [0, 0.05) is 32.3 Å². The van der Waals surface area contributed by atoms with Crippen molar-refractivity contribution in [2.75, 3.05) is 7.11 Å². The number of rotatable bonds is 13. The third kappa shape index (κ3) is 9.45. The second kappa shape index (κ2) is 14.2. The lowest BCUT2D eigenvalue weighted by atomic mass is 9.91. The van der Waals surface area contributed by atoms with Crippen LogP contribution in [0.3, 0.4) is 0 Å². The molecular formula is C25H34O7. The number of unbranched alkanes of at least 4 members (excludes halogenated alkanes) is 3. The summed E-state index contributed by atoms with van der Waals surface area (Å²) in [6, 6.07) is 0. The molecule has 7 nitrogen and oxygen atoms in total. The summed E-state index contributed by atoms with van der Waals surface area (Å²) >= 11 is 0. The zero-order valence-electron chi connectivity index (χ0n) is 19.4. The molecule has 1 aliphatic rings. The Morgan fingerprint density at radius 1 is 1.12 bits per heavy atom. The van der Waals surface area contributed by atoms with Gasteiger partial charge in [0.2, 0.25) is 0 Å². The second-order valence-corrected chi connectivity index (χ2v) is 7.58. The molecule has 0 amide bonds. The van der Waals surface area contributed by atoms with Gasteiger partial charge in [0.05, 0.1) is 7.11 Å². The number of ketones is 1. The molecule has 0 radical (unpaired) electrons. The highest BCUT2D eigenvalue weighted by atomic mass is 16.6. The van der Waals surface area contributed by atoms with Crippen molar-refractivity contribution in [2.24, 2.45) is 0 Å². The maximum atomic E-state index is 12.5. The maximum absolute atomic E-state index is 12.5. The zero-order valence-corrected chi connectivity index (χ0v) is 19.4. The van der Waals surface area contributed by atoms with Crippen LogP contribution in [0.1, 0.15) is 65.7 Å². The predicted octanol–water partition coefficient (Wildman–Crippen LogP) is 4.32. The summed E-state index contributed by atoms with van der Waals surface area (Å²) in [5.41, 5.74) is -0.853. The van der Waals surface area contributed by atoms with E-state index in [0.717, 1.165) is 25.7 Å². The van der Waals surface area contributed by atoms with E-state index in [0.29, 0.717) is 12.0 Å². The Kier molecular flexibility index (Phi) is 12.0. The molecule has 0 aromatic rings. The first-order valence-electron chi connectivity index (χ1n) is 10.9. The number of hydrogen-bond acceptors (Lipinski definition) is 7. The summed E-state index contributed by atoms with van der Waals surface area (Å²) < 4.78 is 15.4. The van der Waals surface area contributed by atoms with E-state index >= 15 is 0 Å². The van der Waals surface area contributed by atoms with Crippen LogP contribution in [-0.4, -0.2) is 42.5 Å². The third-order valence-corrected chi connectivity index (χ3v) is 4.88. The van der Waals surface area contributed by atoms with E-state index in [-0.39, 0.29) is 18.6 Å². The first kappa shape index (κ1) is 27.1. The summed E-state index contributed by atoms with van der Waals surface area (Å²) in [4.78, 5) is 47.0. The molecule has 32 heavy (non-hydrogen) atoms. The van der Waals surface area contributed by atoms with Crippen molar-refractivity contribution in [1.29, 1.82) is 0 Å². The molecule has 0 aromatic heterocycles. The Labute approximate surface area is 190 Å². The monoisotopic (exact) mass is 446 g/mol. The van der Waals surface area contributed by atoms with Gasteiger partial charge in [-0.1, -0.05) is 44.1 Å². The lowest BCUT2D eigenvalue weighted by Gasteiger charge is -2.27. The zero-order chi connectivity index (χ0) is 24.0. The van der Waals surface area contributed by atoms with Gasteiger partial charge in [-0.3, -0.25) is 19.2 Å². The van der Waals surface area contributed by atoms with E-state index < -0.39 is 29.6 Å². The minimum atomic E-state index is -1.17. The van der Waals surface area contributed by atoms with Crippen LogP contribution in [-0.2, 0) is 33.4 Å². The van der Waals surface area contributed by atoms with E-state index in [2.05, 4.69) is 11.7 Å². The molecule has 2 atom stereocenters. The molecular weight excluding hydrogens is 412 g/mol. The van der Waals surface area contributed by atoms with Crippen molar-refractivity contribution < 1.29 is 33.4 Å². The lowest BCUT2D eigenvalue weighted by molar-refractivity contribution is -0.149. The van der Waals surface area contributed by atoms with Crippen LogP contribution >= 0.6 is 0 Å². The van der Waals surface area contributed by atoms with Crippen LogP contribution in [0, 0.1) is 0 Å². The van der Waals surface area contributed by atoms with Gasteiger partial charge >= 0.3 is 17.9 Å². The maximum Gasteiger partial charge on any atom is 0.305 e. The van der Waals surface area contributed by atoms with Crippen molar-refractivity contribution >= 4 is 23.7 Å². The lowest BCUT2D eigenvalue weighted by Crippen LogP contribution is -2.33. The fraction of sp³-hybridized carbons (Fsp3) is 0.520. The van der Waals surface area contributed by atoms with Crippen molar-refractivity contribution in [1.82, 2.24) is 0 Å². The molecule has 0 bridgehead atoms. The molecule has 0 aromatic carbocycles. The number of allylic oxidation sites excluding steroid dienone is 4. The normalized spacial score (nSPS) is 20.2. The van der Waals surface area contributed by atoms with Gasteiger partial charge in [0.15, 0.2) is 11.4 Å². The van der Waals surface area contributed by atoms with Crippen molar-refractivity contribution in [3.8, 4) is 0 Å². The Morgan fingerprint density at radius 3 is 2.50 bits per heavy atom. The van der Waals surface area contributed by atoms with Crippen LogP contribution < -0.4 is 0 Å². The summed E-state index contributed by atoms with van der Waals surface area (Å²) in [7, 11) is 1.29. The SMILES string of the molecule is CCCCC/C=C\C[C@@]1(OC(C)=O)C=CC(=O)/C1=C\C=C\[C@@H](CCC(=O)OC)OC(C)=O. The standard InChI is InChI=1S/C25H34O7/c1-5-6-7-8-9-10-17-25(32-20(3)27)18-16-23(28)22(25)13-11-12-21(31-19(2)26)14-15-24(29)30-4/h9-13,16,18,21H,5-8,14-15,17H2,1-4H3/b10-9-,12-11+,22-13+/t21-,25+/m0/s1.